The summed E-state index contributed by atoms with van der Waals surface area (Å²) < 4.78 is 1.28. The molecule has 0 atom stereocenters. The highest BCUT2D eigenvalue weighted by Crippen LogP contribution is 2.56. The predicted octanol–water partition coefficient (Wildman–Crippen LogP) is 2.90. The molecule has 34 heavy (non-hydrogen) atoms. The van der Waals surface area contributed by atoms with Crippen molar-refractivity contribution in [2.75, 3.05) is 10.6 Å². The molecule has 9 nitrogen and oxygen atoms in total. The molecule has 9 heteroatoms. The molecule has 0 radical (unpaired) electrons. The molecule has 7 rings (SSSR count). The Kier molecular flexibility index (Phi) is 4.89. The molecule has 1 aromatic carbocycles. The van der Waals surface area contributed by atoms with Crippen molar-refractivity contribution in [3.63, 3.8) is 0 Å². The van der Waals surface area contributed by atoms with Crippen molar-refractivity contribution in [2.45, 2.75) is 56.9 Å². The fourth-order valence-corrected chi connectivity index (χ4v) is 6.97. The summed E-state index contributed by atoms with van der Waals surface area (Å²) in [6.45, 7) is 0. The second-order valence-corrected chi connectivity index (χ2v) is 10.6. The average molecular weight is 463 g/mol. The number of nitrogens with one attached hydrogen (secondary N) is 4. The molecule has 0 unspecified atom stereocenters. The van der Waals surface area contributed by atoms with E-state index in [9.17, 15) is 14.4 Å². The van der Waals surface area contributed by atoms with E-state index in [-0.39, 0.29) is 29.0 Å². The van der Waals surface area contributed by atoms with Gasteiger partial charge < -0.3 is 15.6 Å². The Hall–Kier alpha value is -3.36. The number of amides is 1. The fourth-order valence-electron chi connectivity index (χ4n) is 6.97. The first-order chi connectivity index (χ1) is 16.4. The quantitative estimate of drug-likeness (QED) is 0.448. The summed E-state index contributed by atoms with van der Waals surface area (Å²) in [7, 11) is 1.55. The molecule has 3 aromatic rings. The van der Waals surface area contributed by atoms with Crippen LogP contribution in [-0.4, -0.2) is 31.0 Å². The molecule has 0 saturated heterocycles. The maximum absolute atomic E-state index is 12.8. The Bertz CT molecular complexity index is 1350. The van der Waals surface area contributed by atoms with Gasteiger partial charge in [0.15, 0.2) is 5.65 Å². The summed E-state index contributed by atoms with van der Waals surface area (Å²) in [6.07, 6.45) is 8.40. The van der Waals surface area contributed by atoms with Crippen LogP contribution in [0.3, 0.4) is 0 Å². The maximum Gasteiger partial charge on any atom is 0.329 e. The van der Waals surface area contributed by atoms with Crippen LogP contribution < -0.4 is 21.9 Å². The van der Waals surface area contributed by atoms with E-state index >= 15 is 0 Å². The lowest BCUT2D eigenvalue weighted by atomic mass is 9.53. The van der Waals surface area contributed by atoms with Gasteiger partial charge in [-0.2, -0.15) is 0 Å². The van der Waals surface area contributed by atoms with Gasteiger partial charge in [0.2, 0.25) is 5.91 Å². The Morgan fingerprint density at radius 3 is 2.38 bits per heavy atom. The van der Waals surface area contributed by atoms with Crippen LogP contribution >= 0.6 is 0 Å². The fraction of sp³-hybridized carbons (Fsp3) is 0.520. The lowest BCUT2D eigenvalue weighted by molar-refractivity contribution is -0.116. The van der Waals surface area contributed by atoms with Gasteiger partial charge in [-0.25, -0.2) is 9.78 Å². The van der Waals surface area contributed by atoms with Gasteiger partial charge in [0, 0.05) is 25.4 Å². The van der Waals surface area contributed by atoms with E-state index in [1.807, 2.05) is 18.2 Å². The van der Waals surface area contributed by atoms with Crippen LogP contribution in [0.2, 0.25) is 0 Å². The molecule has 2 aromatic heterocycles. The second kappa shape index (κ2) is 7.85. The number of imidazole rings is 1. The number of carbonyl (C=O) groups excluding carboxylic acids is 1. The van der Waals surface area contributed by atoms with E-state index in [0.29, 0.717) is 12.2 Å². The summed E-state index contributed by atoms with van der Waals surface area (Å²) in [4.78, 5) is 46.1. The third kappa shape index (κ3) is 3.73. The summed E-state index contributed by atoms with van der Waals surface area (Å²) in [5.41, 5.74) is 1.45. The number of para-hydroxylation sites is 2. The van der Waals surface area contributed by atoms with Gasteiger partial charge in [-0.1, -0.05) is 12.1 Å². The number of benzene rings is 1. The number of aromatic nitrogens is 4. The minimum absolute atomic E-state index is 0.122. The van der Waals surface area contributed by atoms with Crippen molar-refractivity contribution in [1.82, 2.24) is 19.5 Å². The highest BCUT2D eigenvalue weighted by Gasteiger charge is 2.51. The molecule has 1 amide bonds. The van der Waals surface area contributed by atoms with Gasteiger partial charge in [-0.05, 0) is 68.4 Å². The van der Waals surface area contributed by atoms with Crippen LogP contribution in [-0.2, 0) is 18.3 Å². The smallest absolute Gasteiger partial charge is 0.329 e. The van der Waals surface area contributed by atoms with Crippen LogP contribution in [0, 0.1) is 17.8 Å². The minimum Gasteiger partial charge on any atom is -0.378 e. The molecule has 4 N–H and O–H groups in total. The Labute approximate surface area is 196 Å². The molecule has 178 valence electrons. The number of rotatable bonds is 6. The van der Waals surface area contributed by atoms with Gasteiger partial charge in [-0.15, -0.1) is 0 Å². The minimum atomic E-state index is -0.517. The van der Waals surface area contributed by atoms with E-state index < -0.39 is 11.2 Å². The van der Waals surface area contributed by atoms with Gasteiger partial charge in [0.05, 0.1) is 11.4 Å². The van der Waals surface area contributed by atoms with Crippen molar-refractivity contribution in [1.29, 1.82) is 0 Å². The molecular weight excluding hydrogens is 432 g/mol. The number of nitrogens with zero attached hydrogens (tertiary/aromatic N) is 2. The first-order valence-corrected chi connectivity index (χ1v) is 12.2. The van der Waals surface area contributed by atoms with Crippen LogP contribution in [0.5, 0.6) is 0 Å². The molecule has 4 aliphatic carbocycles. The standard InChI is InChI=1S/C25H30N6O3/c1-31-22-21(23(33)29-24(31)34)27-19(28-22)6-7-20(32)26-17-4-2-3-5-18(17)30-25-11-14-8-15(12-25)10-16(9-14)13-25/h2-5,14-16,30H,6-13H2,1H3,(H,26,32)(H,27,28)(H,29,33,34). The molecule has 4 fully saturated rings. The first-order valence-electron chi connectivity index (χ1n) is 12.2. The molecular formula is C25H30N6O3. The third-order valence-electron chi connectivity index (χ3n) is 8.03. The van der Waals surface area contributed by atoms with Gasteiger partial charge in [0.25, 0.3) is 5.56 Å². The number of anilines is 2. The van der Waals surface area contributed by atoms with Gasteiger partial charge >= 0.3 is 5.69 Å². The van der Waals surface area contributed by atoms with Gasteiger partial charge in [0.1, 0.15) is 11.3 Å². The number of hydrogen-bond donors (Lipinski definition) is 4. The average Bonchev–Trinajstić information content (AvgIpc) is 3.22. The van der Waals surface area contributed by atoms with Crippen molar-refractivity contribution in [2.24, 2.45) is 24.8 Å². The van der Waals surface area contributed by atoms with Crippen LogP contribution in [0.4, 0.5) is 11.4 Å². The lowest BCUT2D eigenvalue weighted by Crippen LogP contribution is -2.54. The van der Waals surface area contributed by atoms with E-state index in [2.05, 4.69) is 31.7 Å². The number of aromatic amines is 2. The van der Waals surface area contributed by atoms with E-state index in [1.165, 1.54) is 43.1 Å². The number of carbonyl (C=O) groups is 1. The zero-order valence-electron chi connectivity index (χ0n) is 19.3. The summed E-state index contributed by atoms with van der Waals surface area (Å²) in [5, 5.41) is 6.93. The van der Waals surface area contributed by atoms with Crippen LogP contribution in [0.15, 0.2) is 33.9 Å². The Morgan fingerprint density at radius 1 is 1.06 bits per heavy atom. The third-order valence-corrected chi connectivity index (χ3v) is 8.03. The van der Waals surface area contributed by atoms with E-state index in [4.69, 9.17) is 0 Å². The lowest BCUT2D eigenvalue weighted by Gasteiger charge is -2.57. The van der Waals surface area contributed by atoms with Crippen molar-refractivity contribution in [3.8, 4) is 0 Å². The monoisotopic (exact) mass is 462 g/mol. The summed E-state index contributed by atoms with van der Waals surface area (Å²) >= 11 is 0. The molecule has 0 aliphatic heterocycles. The zero-order valence-corrected chi connectivity index (χ0v) is 19.3. The van der Waals surface area contributed by atoms with E-state index in [1.54, 1.807) is 7.05 Å². The molecule has 0 spiro atoms. The number of hydrogen-bond acceptors (Lipinski definition) is 5. The van der Waals surface area contributed by atoms with E-state index in [0.717, 1.165) is 29.1 Å². The number of H-pyrrole nitrogens is 2. The predicted molar refractivity (Wildman–Crippen MR) is 130 cm³/mol. The summed E-state index contributed by atoms with van der Waals surface area (Å²) in [5.74, 6) is 2.91. The first kappa shape index (κ1) is 21.2. The summed E-state index contributed by atoms with van der Waals surface area (Å²) in [6, 6.07) is 7.94. The van der Waals surface area contributed by atoms with Crippen molar-refractivity contribution < 1.29 is 4.79 Å². The van der Waals surface area contributed by atoms with Crippen LogP contribution in [0.25, 0.3) is 11.2 Å². The topological polar surface area (TPSA) is 125 Å². The normalized spacial score (nSPS) is 27.3. The molecule has 4 aliphatic rings. The second-order valence-electron chi connectivity index (χ2n) is 10.6. The molecule has 4 bridgehead atoms. The SMILES string of the molecule is Cn1c(=O)[nH]c(=O)c2[nH]c(CCC(=O)Nc3ccccc3NC34CC5CC(CC(C5)C3)C4)nc21. The highest BCUT2D eigenvalue weighted by molar-refractivity contribution is 5.94. The number of fused-ring (bicyclic) bond motifs is 1. The highest BCUT2D eigenvalue weighted by atomic mass is 16.2. The van der Waals surface area contributed by atoms with Gasteiger partial charge in [-0.3, -0.25) is 19.1 Å². The molecule has 4 saturated carbocycles. The van der Waals surface area contributed by atoms with Crippen LogP contribution in [0.1, 0.15) is 50.8 Å². The Balaban J connectivity index is 1.15. The van der Waals surface area contributed by atoms with Crippen molar-refractivity contribution in [3.05, 3.63) is 50.9 Å². The number of aryl methyl sites for hydroxylation is 2. The molecule has 2 heterocycles. The van der Waals surface area contributed by atoms with Crippen molar-refractivity contribution >= 4 is 28.4 Å². The maximum atomic E-state index is 12.8. The Morgan fingerprint density at radius 2 is 1.71 bits per heavy atom. The largest absolute Gasteiger partial charge is 0.378 e. The zero-order chi connectivity index (χ0) is 23.4.